The summed E-state index contributed by atoms with van der Waals surface area (Å²) >= 11 is 0. The number of ether oxygens (including phenoxy) is 1. The van der Waals surface area contributed by atoms with Crippen LogP contribution in [-0.2, 0) is 0 Å². The Bertz CT molecular complexity index is 859. The molecule has 0 saturated carbocycles. The molecule has 0 aliphatic heterocycles. The molecule has 0 aliphatic rings. The number of nitrogens with zero attached hydrogens (tertiary/aromatic N) is 3. The summed E-state index contributed by atoms with van der Waals surface area (Å²) in [7, 11) is 4.11. The zero-order valence-electron chi connectivity index (χ0n) is 13.9. The molecule has 0 atom stereocenters. The van der Waals surface area contributed by atoms with Crippen molar-refractivity contribution in [3.8, 4) is 23.1 Å². The molecule has 5 heteroatoms. The molecule has 122 valence electrons. The summed E-state index contributed by atoms with van der Waals surface area (Å²) in [6, 6.07) is 15.6. The zero-order chi connectivity index (χ0) is 16.9. The van der Waals surface area contributed by atoms with E-state index in [1.807, 2.05) is 36.4 Å². The van der Waals surface area contributed by atoms with Crippen LogP contribution in [0.5, 0.6) is 5.75 Å². The molecule has 0 fully saturated rings. The maximum atomic E-state index is 9.07. The van der Waals surface area contributed by atoms with E-state index in [4.69, 9.17) is 10.00 Å². The van der Waals surface area contributed by atoms with Crippen LogP contribution in [0.2, 0.25) is 0 Å². The molecule has 0 saturated heterocycles. The molecular formula is C19H20N4O. The molecule has 5 nitrogen and oxygen atoms in total. The lowest BCUT2D eigenvalue weighted by molar-refractivity contribution is 0.281. The summed E-state index contributed by atoms with van der Waals surface area (Å²) in [5.74, 6) is 0.857. The molecule has 1 heterocycles. The van der Waals surface area contributed by atoms with Gasteiger partial charge in [0.15, 0.2) is 0 Å². The van der Waals surface area contributed by atoms with Crippen LogP contribution in [-0.4, -0.2) is 42.3 Å². The number of H-pyrrole nitrogens is 1. The lowest BCUT2D eigenvalue weighted by atomic mass is 10.1. The van der Waals surface area contributed by atoms with Crippen molar-refractivity contribution in [2.45, 2.75) is 6.42 Å². The van der Waals surface area contributed by atoms with Gasteiger partial charge >= 0.3 is 0 Å². The van der Waals surface area contributed by atoms with Gasteiger partial charge in [0.05, 0.1) is 29.5 Å². The van der Waals surface area contributed by atoms with Crippen LogP contribution in [0, 0.1) is 11.3 Å². The topological polar surface area (TPSA) is 64.9 Å². The number of fused-ring (bicyclic) bond motifs is 1. The van der Waals surface area contributed by atoms with Gasteiger partial charge < -0.3 is 9.64 Å². The van der Waals surface area contributed by atoms with E-state index in [2.05, 4.69) is 35.3 Å². The molecule has 3 aromatic rings. The third-order valence-electron chi connectivity index (χ3n) is 3.84. The maximum Gasteiger partial charge on any atom is 0.119 e. The van der Waals surface area contributed by atoms with Gasteiger partial charge in [-0.2, -0.15) is 10.4 Å². The fourth-order valence-corrected chi connectivity index (χ4v) is 2.58. The van der Waals surface area contributed by atoms with Crippen molar-refractivity contribution >= 4 is 10.9 Å². The van der Waals surface area contributed by atoms with E-state index in [1.54, 1.807) is 6.07 Å². The average molecular weight is 320 g/mol. The van der Waals surface area contributed by atoms with Crippen LogP contribution >= 0.6 is 0 Å². The third-order valence-corrected chi connectivity index (χ3v) is 3.84. The smallest absolute Gasteiger partial charge is 0.119 e. The number of aromatic amines is 1. The van der Waals surface area contributed by atoms with Crippen molar-refractivity contribution in [3.05, 3.63) is 48.0 Å². The lowest BCUT2D eigenvalue weighted by Crippen LogP contribution is -2.15. The second kappa shape index (κ2) is 7.16. The van der Waals surface area contributed by atoms with E-state index >= 15 is 0 Å². The van der Waals surface area contributed by atoms with Crippen molar-refractivity contribution < 1.29 is 4.74 Å². The molecule has 2 aromatic carbocycles. The summed E-state index contributed by atoms with van der Waals surface area (Å²) in [6.45, 7) is 1.72. The van der Waals surface area contributed by atoms with Crippen molar-refractivity contribution in [2.24, 2.45) is 0 Å². The highest BCUT2D eigenvalue weighted by Crippen LogP contribution is 2.28. The largest absolute Gasteiger partial charge is 0.494 e. The van der Waals surface area contributed by atoms with E-state index in [0.717, 1.165) is 40.9 Å². The Kier molecular flexibility index (Phi) is 4.78. The highest BCUT2D eigenvalue weighted by molar-refractivity contribution is 5.93. The first-order valence-electron chi connectivity index (χ1n) is 7.93. The minimum absolute atomic E-state index is 0.631. The molecule has 1 aromatic heterocycles. The van der Waals surface area contributed by atoms with Crippen molar-refractivity contribution in [1.29, 1.82) is 5.26 Å². The third kappa shape index (κ3) is 3.55. The number of hydrogen-bond donors (Lipinski definition) is 1. The Morgan fingerprint density at radius 1 is 1.17 bits per heavy atom. The van der Waals surface area contributed by atoms with Crippen LogP contribution in [0.25, 0.3) is 22.2 Å². The van der Waals surface area contributed by atoms with E-state index in [0.29, 0.717) is 12.2 Å². The fraction of sp³-hybridized carbons (Fsp3) is 0.263. The monoisotopic (exact) mass is 320 g/mol. The van der Waals surface area contributed by atoms with E-state index in [1.165, 1.54) is 0 Å². The Hall–Kier alpha value is -2.84. The molecule has 0 spiro atoms. The van der Waals surface area contributed by atoms with Gasteiger partial charge in [-0.05, 0) is 63.0 Å². The Labute approximate surface area is 141 Å². The van der Waals surface area contributed by atoms with E-state index in [9.17, 15) is 0 Å². The van der Waals surface area contributed by atoms with E-state index in [-0.39, 0.29) is 0 Å². The van der Waals surface area contributed by atoms with Crippen LogP contribution < -0.4 is 4.74 Å². The first-order chi connectivity index (χ1) is 11.7. The molecule has 3 rings (SSSR count). The summed E-state index contributed by atoms with van der Waals surface area (Å²) in [5, 5.41) is 17.4. The van der Waals surface area contributed by atoms with E-state index < -0.39 is 0 Å². The van der Waals surface area contributed by atoms with Gasteiger partial charge in [-0.15, -0.1) is 0 Å². The van der Waals surface area contributed by atoms with Gasteiger partial charge in [0, 0.05) is 17.5 Å². The highest BCUT2D eigenvalue weighted by atomic mass is 16.5. The molecule has 0 amide bonds. The van der Waals surface area contributed by atoms with Crippen LogP contribution in [0.4, 0.5) is 0 Å². The van der Waals surface area contributed by atoms with Crippen molar-refractivity contribution in [3.63, 3.8) is 0 Å². The molecule has 24 heavy (non-hydrogen) atoms. The molecular weight excluding hydrogens is 300 g/mol. The summed E-state index contributed by atoms with van der Waals surface area (Å²) < 4.78 is 5.75. The summed E-state index contributed by atoms with van der Waals surface area (Å²) in [5.41, 5.74) is 3.40. The number of rotatable bonds is 6. The van der Waals surface area contributed by atoms with Crippen LogP contribution in [0.3, 0.4) is 0 Å². The second-order valence-electron chi connectivity index (χ2n) is 5.97. The predicted molar refractivity (Wildman–Crippen MR) is 94.9 cm³/mol. The Balaban J connectivity index is 1.75. The molecule has 0 bridgehead atoms. The van der Waals surface area contributed by atoms with Crippen molar-refractivity contribution in [1.82, 2.24) is 15.1 Å². The molecule has 0 unspecified atom stereocenters. The SMILES string of the molecule is CN(C)CCCOc1ccc(-c2n[nH]c3ccc(C#N)cc23)cc1. The number of hydrogen-bond acceptors (Lipinski definition) is 4. The molecule has 0 radical (unpaired) electrons. The number of nitriles is 1. The Morgan fingerprint density at radius 2 is 1.96 bits per heavy atom. The predicted octanol–water partition coefficient (Wildman–Crippen LogP) is 3.43. The zero-order valence-corrected chi connectivity index (χ0v) is 13.9. The first-order valence-corrected chi connectivity index (χ1v) is 7.93. The molecule has 0 aliphatic carbocycles. The molecule has 1 N–H and O–H groups in total. The second-order valence-corrected chi connectivity index (χ2v) is 5.97. The van der Waals surface area contributed by atoms with Crippen LogP contribution in [0.15, 0.2) is 42.5 Å². The highest BCUT2D eigenvalue weighted by Gasteiger charge is 2.09. The summed E-state index contributed by atoms with van der Waals surface area (Å²) in [4.78, 5) is 2.14. The van der Waals surface area contributed by atoms with Gasteiger partial charge in [-0.3, -0.25) is 5.10 Å². The summed E-state index contributed by atoms with van der Waals surface area (Å²) in [6.07, 6.45) is 0.996. The fourth-order valence-electron chi connectivity index (χ4n) is 2.58. The van der Waals surface area contributed by atoms with Gasteiger partial charge in [0.1, 0.15) is 5.75 Å². The minimum atomic E-state index is 0.631. The quantitative estimate of drug-likeness (QED) is 0.707. The lowest BCUT2D eigenvalue weighted by Gasteiger charge is -2.10. The number of aromatic nitrogens is 2. The first kappa shape index (κ1) is 16.0. The minimum Gasteiger partial charge on any atom is -0.494 e. The maximum absolute atomic E-state index is 9.07. The van der Waals surface area contributed by atoms with Gasteiger partial charge in [-0.1, -0.05) is 0 Å². The van der Waals surface area contributed by atoms with Crippen molar-refractivity contribution in [2.75, 3.05) is 27.2 Å². The van der Waals surface area contributed by atoms with Gasteiger partial charge in [0.2, 0.25) is 0 Å². The average Bonchev–Trinajstić information content (AvgIpc) is 3.02. The standard InChI is InChI=1S/C19H20N4O/c1-23(2)10-3-11-24-16-7-5-15(6-8-16)19-17-12-14(13-20)4-9-18(17)21-22-19/h4-9,12H,3,10-11H2,1-2H3,(H,21,22). The Morgan fingerprint density at radius 3 is 2.67 bits per heavy atom. The normalized spacial score (nSPS) is 10.9. The number of nitrogens with one attached hydrogen (secondary N) is 1. The number of benzene rings is 2. The van der Waals surface area contributed by atoms with Gasteiger partial charge in [-0.25, -0.2) is 0 Å². The van der Waals surface area contributed by atoms with Crippen LogP contribution in [0.1, 0.15) is 12.0 Å². The van der Waals surface area contributed by atoms with Gasteiger partial charge in [0.25, 0.3) is 0 Å².